The van der Waals surface area contributed by atoms with Gasteiger partial charge in [-0.05, 0) is 30.2 Å². The number of nitrogens with zero attached hydrogens (tertiary/aromatic N) is 1. The molecule has 0 aliphatic carbocycles. The first-order chi connectivity index (χ1) is 10.5. The zero-order valence-electron chi connectivity index (χ0n) is 11.9. The summed E-state index contributed by atoms with van der Waals surface area (Å²) in [5.74, 6) is -2.23. The minimum atomic E-state index is -1.06. The molecule has 0 saturated heterocycles. The molecule has 0 bridgehead atoms. The van der Waals surface area contributed by atoms with E-state index in [0.29, 0.717) is 16.8 Å². The smallest absolute Gasteiger partial charge is 0.336 e. The van der Waals surface area contributed by atoms with E-state index < -0.39 is 17.7 Å². The van der Waals surface area contributed by atoms with E-state index in [-0.39, 0.29) is 12.1 Å². The fourth-order valence-electron chi connectivity index (χ4n) is 2.73. The van der Waals surface area contributed by atoms with Crippen molar-refractivity contribution >= 4 is 23.3 Å². The van der Waals surface area contributed by atoms with E-state index in [1.165, 1.54) is 11.0 Å². The number of aryl methyl sites for hydroxylation is 1. The molecule has 1 aliphatic heterocycles. The second-order valence-corrected chi connectivity index (χ2v) is 5.15. The van der Waals surface area contributed by atoms with Crippen LogP contribution in [0.2, 0.25) is 0 Å². The summed E-state index contributed by atoms with van der Waals surface area (Å²) >= 11 is 0. The average Bonchev–Trinajstić information content (AvgIpc) is 2.74. The van der Waals surface area contributed by atoms with Crippen LogP contribution in [-0.2, 0) is 11.3 Å². The van der Waals surface area contributed by atoms with Gasteiger partial charge < -0.3 is 10.0 Å². The highest BCUT2D eigenvalue weighted by atomic mass is 16.4. The number of benzene rings is 2. The highest BCUT2D eigenvalue weighted by Crippen LogP contribution is 2.33. The molecule has 5 heteroatoms. The minimum Gasteiger partial charge on any atom is -0.478 e. The fourth-order valence-corrected chi connectivity index (χ4v) is 2.73. The van der Waals surface area contributed by atoms with Gasteiger partial charge in [0.15, 0.2) is 0 Å². The van der Waals surface area contributed by atoms with Crippen LogP contribution in [0.25, 0.3) is 0 Å². The van der Waals surface area contributed by atoms with Crippen LogP contribution in [0.4, 0.5) is 5.69 Å². The number of carbonyl (C=O) groups is 3. The van der Waals surface area contributed by atoms with E-state index in [1.54, 1.807) is 30.3 Å². The van der Waals surface area contributed by atoms with Crippen LogP contribution in [0, 0.1) is 6.92 Å². The maximum atomic E-state index is 12.2. The topological polar surface area (TPSA) is 74.7 Å². The van der Waals surface area contributed by atoms with Crippen LogP contribution in [0.1, 0.15) is 31.8 Å². The van der Waals surface area contributed by atoms with Crippen LogP contribution in [-0.4, -0.2) is 22.8 Å². The molecule has 0 fully saturated rings. The number of carbonyl (C=O) groups excluding carboxylic acids is 2. The molecule has 1 amide bonds. The van der Waals surface area contributed by atoms with Gasteiger partial charge in [0.25, 0.3) is 11.7 Å². The molecule has 1 N–H and O–H groups in total. The molecule has 1 aliphatic rings. The molecule has 2 aromatic carbocycles. The zero-order chi connectivity index (χ0) is 15.9. The standard InChI is InChI=1S/C17H13NO4/c1-10-5-4-8-13-14(10)18(16(20)15(13)19)9-11-6-2-3-7-12(11)17(21)22/h2-8H,9H2,1H3,(H,21,22). The number of amides is 1. The summed E-state index contributed by atoms with van der Waals surface area (Å²) in [6.07, 6.45) is 0. The van der Waals surface area contributed by atoms with Crippen molar-refractivity contribution in [3.05, 3.63) is 64.7 Å². The lowest BCUT2D eigenvalue weighted by Crippen LogP contribution is -2.30. The van der Waals surface area contributed by atoms with Gasteiger partial charge in [-0.3, -0.25) is 9.59 Å². The largest absolute Gasteiger partial charge is 0.478 e. The predicted molar refractivity (Wildman–Crippen MR) is 80.1 cm³/mol. The molecule has 0 atom stereocenters. The van der Waals surface area contributed by atoms with E-state index in [4.69, 9.17) is 0 Å². The van der Waals surface area contributed by atoms with Crippen molar-refractivity contribution in [2.45, 2.75) is 13.5 Å². The van der Waals surface area contributed by atoms with E-state index in [1.807, 2.05) is 13.0 Å². The Morgan fingerprint density at radius 2 is 1.82 bits per heavy atom. The number of rotatable bonds is 3. The lowest BCUT2D eigenvalue weighted by atomic mass is 10.1. The lowest BCUT2D eigenvalue weighted by molar-refractivity contribution is -0.114. The van der Waals surface area contributed by atoms with E-state index in [9.17, 15) is 19.5 Å². The normalized spacial score (nSPS) is 13.4. The van der Waals surface area contributed by atoms with Gasteiger partial charge in [-0.25, -0.2) is 4.79 Å². The van der Waals surface area contributed by atoms with Gasteiger partial charge in [0.05, 0.1) is 23.4 Å². The molecule has 0 unspecified atom stereocenters. The summed E-state index contributed by atoms with van der Waals surface area (Å²) in [6.45, 7) is 1.88. The Labute approximate surface area is 126 Å². The first-order valence-electron chi connectivity index (χ1n) is 6.77. The Balaban J connectivity index is 2.07. The number of hydrogen-bond acceptors (Lipinski definition) is 3. The molecule has 1 heterocycles. The van der Waals surface area contributed by atoms with Crippen LogP contribution in [0.15, 0.2) is 42.5 Å². The number of aromatic carboxylic acids is 1. The molecule has 5 nitrogen and oxygen atoms in total. The van der Waals surface area contributed by atoms with Crippen molar-refractivity contribution in [1.82, 2.24) is 0 Å². The maximum absolute atomic E-state index is 12.2. The first kappa shape index (κ1) is 14.0. The van der Waals surface area contributed by atoms with E-state index in [0.717, 1.165) is 5.56 Å². The van der Waals surface area contributed by atoms with Gasteiger partial charge in [0.2, 0.25) is 0 Å². The Hall–Kier alpha value is -2.95. The molecule has 0 saturated carbocycles. The molecule has 2 aromatic rings. The maximum Gasteiger partial charge on any atom is 0.336 e. The first-order valence-corrected chi connectivity index (χ1v) is 6.77. The summed E-state index contributed by atoms with van der Waals surface area (Å²) in [5, 5.41) is 9.24. The quantitative estimate of drug-likeness (QED) is 0.882. The van der Waals surface area contributed by atoms with Gasteiger partial charge in [-0.2, -0.15) is 0 Å². The number of carboxylic acids is 1. The van der Waals surface area contributed by atoms with Crippen LogP contribution in [0.5, 0.6) is 0 Å². The minimum absolute atomic E-state index is 0.0604. The molecular weight excluding hydrogens is 282 g/mol. The summed E-state index contributed by atoms with van der Waals surface area (Å²) in [6, 6.07) is 11.6. The second kappa shape index (κ2) is 5.11. The summed E-state index contributed by atoms with van der Waals surface area (Å²) < 4.78 is 0. The Morgan fingerprint density at radius 3 is 2.55 bits per heavy atom. The molecule has 0 radical (unpaired) electrons. The lowest BCUT2D eigenvalue weighted by Gasteiger charge is -2.19. The predicted octanol–water partition coefficient (Wildman–Crippen LogP) is 2.42. The number of Topliss-reactive ketones (excluding diaryl/α,β-unsaturated/α-hetero) is 1. The van der Waals surface area contributed by atoms with Crippen molar-refractivity contribution in [3.8, 4) is 0 Å². The third kappa shape index (κ3) is 2.07. The third-order valence-corrected chi connectivity index (χ3v) is 3.77. The average molecular weight is 295 g/mol. The van der Waals surface area contributed by atoms with Crippen LogP contribution < -0.4 is 4.90 Å². The Morgan fingerprint density at radius 1 is 1.09 bits per heavy atom. The van der Waals surface area contributed by atoms with Gasteiger partial charge in [-0.1, -0.05) is 30.3 Å². The summed E-state index contributed by atoms with van der Waals surface area (Å²) in [4.78, 5) is 36.9. The highest BCUT2D eigenvalue weighted by Gasteiger charge is 2.37. The van der Waals surface area contributed by atoms with E-state index >= 15 is 0 Å². The number of para-hydroxylation sites is 1. The van der Waals surface area contributed by atoms with Crippen LogP contribution >= 0.6 is 0 Å². The summed E-state index contributed by atoms with van der Waals surface area (Å²) in [7, 11) is 0. The van der Waals surface area contributed by atoms with E-state index in [2.05, 4.69) is 0 Å². The van der Waals surface area contributed by atoms with Gasteiger partial charge in [0.1, 0.15) is 0 Å². The number of hydrogen-bond donors (Lipinski definition) is 1. The zero-order valence-corrected chi connectivity index (χ0v) is 11.9. The molecule has 0 spiro atoms. The van der Waals surface area contributed by atoms with Crippen LogP contribution in [0.3, 0.4) is 0 Å². The summed E-state index contributed by atoms with van der Waals surface area (Å²) in [5.41, 5.74) is 2.37. The van der Waals surface area contributed by atoms with Crippen molar-refractivity contribution in [1.29, 1.82) is 0 Å². The Kier molecular flexibility index (Phi) is 3.25. The number of carboxylic acid groups (broad SMARTS) is 1. The van der Waals surface area contributed by atoms with Crippen molar-refractivity contribution in [3.63, 3.8) is 0 Å². The number of fused-ring (bicyclic) bond motifs is 1. The molecular formula is C17H13NO4. The molecule has 22 heavy (non-hydrogen) atoms. The molecule has 0 aromatic heterocycles. The number of ketones is 1. The van der Waals surface area contributed by atoms with Gasteiger partial charge in [0, 0.05) is 0 Å². The van der Waals surface area contributed by atoms with Crippen molar-refractivity contribution < 1.29 is 19.5 Å². The molecule has 3 rings (SSSR count). The molecule has 110 valence electrons. The van der Waals surface area contributed by atoms with Crippen molar-refractivity contribution in [2.24, 2.45) is 0 Å². The monoisotopic (exact) mass is 295 g/mol. The number of anilines is 1. The van der Waals surface area contributed by atoms with Gasteiger partial charge >= 0.3 is 5.97 Å². The third-order valence-electron chi connectivity index (χ3n) is 3.77. The van der Waals surface area contributed by atoms with Gasteiger partial charge in [-0.15, -0.1) is 0 Å². The highest BCUT2D eigenvalue weighted by molar-refractivity contribution is 6.52. The fraction of sp³-hybridized carbons (Fsp3) is 0.118. The second-order valence-electron chi connectivity index (χ2n) is 5.15. The van der Waals surface area contributed by atoms with Crippen molar-refractivity contribution in [2.75, 3.05) is 4.90 Å². The SMILES string of the molecule is Cc1cccc2c1N(Cc1ccccc1C(=O)O)C(=O)C2=O. The Bertz CT molecular complexity index is 810.